The molecule has 1 aliphatic carbocycles. The Bertz CT molecular complexity index is 531. The molecule has 2 aromatic rings. The Morgan fingerprint density at radius 1 is 1.18 bits per heavy atom. The lowest BCUT2D eigenvalue weighted by molar-refractivity contribution is 0.686. The van der Waals surface area contributed by atoms with Crippen LogP contribution in [-0.4, -0.2) is 4.98 Å². The summed E-state index contributed by atoms with van der Waals surface area (Å²) in [6, 6.07) is 6.77. The second-order valence-electron chi connectivity index (χ2n) is 4.52. The molecule has 0 aliphatic heterocycles. The van der Waals surface area contributed by atoms with Crippen molar-refractivity contribution in [2.75, 3.05) is 0 Å². The first-order valence-corrected chi connectivity index (χ1v) is 7.01. The summed E-state index contributed by atoms with van der Waals surface area (Å²) in [5, 5.41) is 3.12. The van der Waals surface area contributed by atoms with Gasteiger partial charge in [0.05, 0.1) is 5.69 Å². The number of aromatic nitrogens is 1. The first kappa shape index (κ1) is 10.9. The molecule has 0 radical (unpaired) electrons. The molecule has 1 aromatic heterocycles. The van der Waals surface area contributed by atoms with Crippen LogP contribution >= 0.6 is 11.3 Å². The summed E-state index contributed by atoms with van der Waals surface area (Å²) in [7, 11) is 0. The zero-order valence-electron chi connectivity index (χ0n) is 9.78. The molecule has 17 heavy (non-hydrogen) atoms. The minimum atomic E-state index is 0.537. The van der Waals surface area contributed by atoms with E-state index in [0.717, 1.165) is 10.7 Å². The molecule has 0 spiro atoms. The van der Waals surface area contributed by atoms with Crippen molar-refractivity contribution in [3.8, 4) is 11.3 Å². The molecule has 0 saturated heterocycles. The van der Waals surface area contributed by atoms with Gasteiger partial charge < -0.3 is 5.73 Å². The van der Waals surface area contributed by atoms with Gasteiger partial charge in [-0.15, -0.1) is 11.3 Å². The Hall–Kier alpha value is -1.19. The van der Waals surface area contributed by atoms with Crippen molar-refractivity contribution < 1.29 is 0 Å². The standard InChI is InChI=1S/C14H16N2S/c15-8-14-16-13(9-17-14)12-6-5-10-3-1-2-4-11(10)7-12/h5-7,9H,1-4,8,15H2. The van der Waals surface area contributed by atoms with Gasteiger partial charge in [0.1, 0.15) is 5.01 Å². The lowest BCUT2D eigenvalue weighted by Gasteiger charge is -2.16. The number of thiazole rings is 1. The summed E-state index contributed by atoms with van der Waals surface area (Å²) in [5.74, 6) is 0. The van der Waals surface area contributed by atoms with Crippen molar-refractivity contribution in [2.24, 2.45) is 5.73 Å². The third-order valence-electron chi connectivity index (χ3n) is 3.37. The molecule has 0 amide bonds. The van der Waals surface area contributed by atoms with E-state index in [-0.39, 0.29) is 0 Å². The fourth-order valence-electron chi connectivity index (χ4n) is 2.43. The second kappa shape index (κ2) is 4.59. The maximum atomic E-state index is 5.60. The highest BCUT2D eigenvalue weighted by Gasteiger charge is 2.11. The lowest BCUT2D eigenvalue weighted by atomic mass is 9.90. The third kappa shape index (κ3) is 2.13. The predicted molar refractivity (Wildman–Crippen MR) is 72.1 cm³/mol. The Morgan fingerprint density at radius 3 is 2.76 bits per heavy atom. The second-order valence-corrected chi connectivity index (χ2v) is 5.46. The highest BCUT2D eigenvalue weighted by Crippen LogP contribution is 2.28. The Balaban J connectivity index is 1.97. The van der Waals surface area contributed by atoms with Gasteiger partial charge >= 0.3 is 0 Å². The largest absolute Gasteiger partial charge is 0.325 e. The molecule has 88 valence electrons. The van der Waals surface area contributed by atoms with Gasteiger partial charge in [-0.25, -0.2) is 4.98 Å². The molecule has 0 saturated carbocycles. The van der Waals surface area contributed by atoms with E-state index in [1.54, 1.807) is 11.3 Å². The highest BCUT2D eigenvalue weighted by molar-refractivity contribution is 7.09. The molecule has 1 aliphatic rings. The van der Waals surface area contributed by atoms with E-state index in [1.165, 1.54) is 42.4 Å². The number of rotatable bonds is 2. The number of aryl methyl sites for hydroxylation is 2. The van der Waals surface area contributed by atoms with E-state index in [9.17, 15) is 0 Å². The van der Waals surface area contributed by atoms with Crippen molar-refractivity contribution in [2.45, 2.75) is 32.2 Å². The minimum absolute atomic E-state index is 0.537. The van der Waals surface area contributed by atoms with Crippen LogP contribution in [0.25, 0.3) is 11.3 Å². The molecule has 0 bridgehead atoms. The molecule has 0 fully saturated rings. The first-order valence-electron chi connectivity index (χ1n) is 6.13. The van der Waals surface area contributed by atoms with Gasteiger partial charge in [0.15, 0.2) is 0 Å². The third-order valence-corrected chi connectivity index (χ3v) is 4.24. The molecule has 3 heteroatoms. The number of benzene rings is 1. The summed E-state index contributed by atoms with van der Waals surface area (Å²) in [6.45, 7) is 0.537. The highest BCUT2D eigenvalue weighted by atomic mass is 32.1. The van der Waals surface area contributed by atoms with Crippen LogP contribution in [0.15, 0.2) is 23.6 Å². The van der Waals surface area contributed by atoms with Crippen molar-refractivity contribution in [1.82, 2.24) is 4.98 Å². The molecular formula is C14H16N2S. The van der Waals surface area contributed by atoms with Gasteiger partial charge in [-0.05, 0) is 42.9 Å². The SMILES string of the molecule is NCc1nc(-c2ccc3c(c2)CCCC3)cs1. The minimum Gasteiger partial charge on any atom is -0.325 e. The molecule has 0 unspecified atom stereocenters. The smallest absolute Gasteiger partial charge is 0.107 e. The van der Waals surface area contributed by atoms with Crippen LogP contribution in [0, 0.1) is 0 Å². The molecule has 2 N–H and O–H groups in total. The zero-order valence-corrected chi connectivity index (χ0v) is 10.6. The number of hydrogen-bond acceptors (Lipinski definition) is 3. The fraction of sp³-hybridized carbons (Fsp3) is 0.357. The quantitative estimate of drug-likeness (QED) is 0.881. The van der Waals surface area contributed by atoms with Crippen LogP contribution in [0.1, 0.15) is 29.0 Å². The summed E-state index contributed by atoms with van der Waals surface area (Å²) in [5.41, 5.74) is 10.9. The molecule has 2 nitrogen and oxygen atoms in total. The lowest BCUT2D eigenvalue weighted by Crippen LogP contribution is -2.02. The monoisotopic (exact) mass is 244 g/mol. The van der Waals surface area contributed by atoms with Crippen LogP contribution in [0.3, 0.4) is 0 Å². The number of nitrogens with zero attached hydrogens (tertiary/aromatic N) is 1. The molecular weight excluding hydrogens is 228 g/mol. The maximum absolute atomic E-state index is 5.60. The van der Waals surface area contributed by atoms with Crippen LogP contribution in [0.4, 0.5) is 0 Å². The normalized spacial score (nSPS) is 14.6. The van der Waals surface area contributed by atoms with Crippen molar-refractivity contribution in [3.63, 3.8) is 0 Å². The van der Waals surface area contributed by atoms with Gasteiger partial charge in [-0.1, -0.05) is 12.1 Å². The van der Waals surface area contributed by atoms with Crippen molar-refractivity contribution in [3.05, 3.63) is 39.7 Å². The maximum Gasteiger partial charge on any atom is 0.107 e. The van der Waals surface area contributed by atoms with E-state index in [0.29, 0.717) is 6.54 Å². The average Bonchev–Trinajstić information content (AvgIpc) is 2.87. The Morgan fingerprint density at radius 2 is 2.00 bits per heavy atom. The number of hydrogen-bond donors (Lipinski definition) is 1. The number of nitrogens with two attached hydrogens (primary N) is 1. The Kier molecular flexibility index (Phi) is 2.95. The van der Waals surface area contributed by atoms with Crippen molar-refractivity contribution in [1.29, 1.82) is 0 Å². The number of fused-ring (bicyclic) bond motifs is 1. The summed E-state index contributed by atoms with van der Waals surface area (Å²) < 4.78 is 0. The average molecular weight is 244 g/mol. The topological polar surface area (TPSA) is 38.9 Å². The first-order chi connectivity index (χ1) is 8.36. The Labute approximate surface area is 106 Å². The van der Waals surface area contributed by atoms with Crippen LogP contribution in [0.5, 0.6) is 0 Å². The van der Waals surface area contributed by atoms with Crippen molar-refractivity contribution >= 4 is 11.3 Å². The van der Waals surface area contributed by atoms with Gasteiger partial charge in [0.2, 0.25) is 0 Å². The fourth-order valence-corrected chi connectivity index (χ4v) is 3.11. The zero-order chi connectivity index (χ0) is 11.7. The molecule has 1 aromatic carbocycles. The van der Waals surface area contributed by atoms with Gasteiger partial charge in [0, 0.05) is 17.5 Å². The molecule has 1 heterocycles. The summed E-state index contributed by atoms with van der Waals surface area (Å²) in [4.78, 5) is 4.54. The van der Waals surface area contributed by atoms with E-state index in [1.807, 2.05) is 0 Å². The molecule has 3 rings (SSSR count). The van der Waals surface area contributed by atoms with E-state index < -0.39 is 0 Å². The van der Waals surface area contributed by atoms with E-state index >= 15 is 0 Å². The van der Waals surface area contributed by atoms with E-state index in [2.05, 4.69) is 28.6 Å². The predicted octanol–water partition coefficient (Wildman–Crippen LogP) is 3.15. The summed E-state index contributed by atoms with van der Waals surface area (Å²) in [6.07, 6.45) is 5.11. The molecule has 0 atom stereocenters. The van der Waals surface area contributed by atoms with Gasteiger partial charge in [-0.2, -0.15) is 0 Å². The van der Waals surface area contributed by atoms with E-state index in [4.69, 9.17) is 5.73 Å². The van der Waals surface area contributed by atoms with Crippen LogP contribution in [0.2, 0.25) is 0 Å². The van der Waals surface area contributed by atoms with Gasteiger partial charge in [-0.3, -0.25) is 0 Å². The van der Waals surface area contributed by atoms with Crippen LogP contribution in [-0.2, 0) is 19.4 Å². The summed E-state index contributed by atoms with van der Waals surface area (Å²) >= 11 is 1.65. The van der Waals surface area contributed by atoms with Gasteiger partial charge in [0.25, 0.3) is 0 Å². The van der Waals surface area contributed by atoms with Crippen LogP contribution < -0.4 is 5.73 Å².